The first kappa shape index (κ1) is 7.80. The summed E-state index contributed by atoms with van der Waals surface area (Å²) in [5, 5.41) is 0. The Morgan fingerprint density at radius 3 is 2.69 bits per heavy atom. The van der Waals surface area contributed by atoms with Crippen LogP contribution in [0, 0.1) is 11.8 Å². The molecule has 1 aliphatic carbocycles. The highest BCUT2D eigenvalue weighted by atomic mass is 16.5. The van der Waals surface area contributed by atoms with Crippen LogP contribution in [0.3, 0.4) is 0 Å². The summed E-state index contributed by atoms with van der Waals surface area (Å²) in [6.45, 7) is 3.79. The van der Waals surface area contributed by atoms with Gasteiger partial charge in [0.25, 0.3) is 0 Å². The second-order valence-corrected chi connectivity index (χ2v) is 4.65. The second kappa shape index (κ2) is 2.47. The summed E-state index contributed by atoms with van der Waals surface area (Å²) >= 11 is 0. The number of nitrogens with zero attached hydrogens (tertiary/aromatic N) is 1. The van der Waals surface area contributed by atoms with Crippen LogP contribution in [0.15, 0.2) is 0 Å². The summed E-state index contributed by atoms with van der Waals surface area (Å²) in [6.07, 6.45) is 2.53. The predicted octanol–water partition coefficient (Wildman–Crippen LogP) is 0.642. The van der Waals surface area contributed by atoms with Crippen LogP contribution in [0.4, 0.5) is 0 Å². The molecule has 3 rings (SSSR count). The van der Waals surface area contributed by atoms with E-state index >= 15 is 0 Å². The number of likely N-dealkylation sites (tertiary alicyclic amines) is 1. The molecule has 2 saturated heterocycles. The van der Waals surface area contributed by atoms with Gasteiger partial charge in [0.15, 0.2) is 0 Å². The summed E-state index contributed by atoms with van der Waals surface area (Å²) < 4.78 is 5.47. The van der Waals surface area contributed by atoms with Gasteiger partial charge in [0.1, 0.15) is 0 Å². The van der Waals surface area contributed by atoms with Crippen LogP contribution in [0.25, 0.3) is 0 Å². The van der Waals surface area contributed by atoms with Crippen LogP contribution >= 0.6 is 0 Å². The maximum Gasteiger partial charge on any atom is 0.226 e. The van der Waals surface area contributed by atoms with Crippen molar-refractivity contribution in [2.45, 2.75) is 31.9 Å². The van der Waals surface area contributed by atoms with Crippen molar-refractivity contribution in [2.24, 2.45) is 11.8 Å². The molecule has 2 bridgehead atoms. The van der Waals surface area contributed by atoms with Gasteiger partial charge in [-0.2, -0.15) is 0 Å². The average Bonchev–Trinajstić information content (AvgIpc) is 2.62. The summed E-state index contributed by atoms with van der Waals surface area (Å²) in [5.41, 5.74) is 0. The van der Waals surface area contributed by atoms with E-state index in [1.54, 1.807) is 0 Å². The molecule has 3 heteroatoms. The van der Waals surface area contributed by atoms with Crippen LogP contribution in [-0.4, -0.2) is 36.1 Å². The molecule has 0 aromatic rings. The molecular weight excluding hydrogens is 166 g/mol. The van der Waals surface area contributed by atoms with Gasteiger partial charge in [-0.05, 0) is 18.8 Å². The minimum atomic E-state index is 0.347. The highest BCUT2D eigenvalue weighted by Gasteiger charge is 2.48. The van der Waals surface area contributed by atoms with Crippen molar-refractivity contribution in [1.82, 2.24) is 4.90 Å². The molecule has 1 saturated carbocycles. The van der Waals surface area contributed by atoms with Crippen LogP contribution in [0.2, 0.25) is 0 Å². The van der Waals surface area contributed by atoms with E-state index in [1.165, 1.54) is 0 Å². The van der Waals surface area contributed by atoms with E-state index in [4.69, 9.17) is 4.74 Å². The van der Waals surface area contributed by atoms with Crippen LogP contribution in [0.1, 0.15) is 19.8 Å². The molecule has 0 aromatic heterocycles. The Kier molecular flexibility index (Phi) is 1.48. The van der Waals surface area contributed by atoms with Gasteiger partial charge in [-0.3, -0.25) is 4.79 Å². The summed E-state index contributed by atoms with van der Waals surface area (Å²) in [4.78, 5) is 13.9. The molecule has 0 aromatic carbocycles. The van der Waals surface area contributed by atoms with Gasteiger partial charge in [0.05, 0.1) is 18.8 Å². The fourth-order valence-electron chi connectivity index (χ4n) is 2.55. The van der Waals surface area contributed by atoms with Crippen LogP contribution < -0.4 is 0 Å². The Morgan fingerprint density at radius 1 is 1.46 bits per heavy atom. The van der Waals surface area contributed by atoms with Crippen molar-refractivity contribution in [3.63, 3.8) is 0 Å². The zero-order chi connectivity index (χ0) is 9.00. The molecule has 3 fully saturated rings. The lowest BCUT2D eigenvalue weighted by molar-refractivity contribution is -0.137. The average molecular weight is 181 g/mol. The lowest BCUT2D eigenvalue weighted by Crippen LogP contribution is -2.42. The van der Waals surface area contributed by atoms with E-state index in [1.807, 2.05) is 0 Å². The van der Waals surface area contributed by atoms with Crippen molar-refractivity contribution in [3.05, 3.63) is 0 Å². The molecule has 13 heavy (non-hydrogen) atoms. The van der Waals surface area contributed by atoms with E-state index in [0.717, 1.165) is 26.0 Å². The number of ether oxygens (including phenoxy) is 1. The Morgan fingerprint density at radius 2 is 2.23 bits per heavy atom. The largest absolute Gasteiger partial charge is 0.374 e. The third-order valence-electron chi connectivity index (χ3n) is 3.61. The first-order valence-corrected chi connectivity index (χ1v) is 5.18. The topological polar surface area (TPSA) is 29.5 Å². The summed E-state index contributed by atoms with van der Waals surface area (Å²) in [7, 11) is 0. The summed E-state index contributed by atoms with van der Waals surface area (Å²) in [6, 6.07) is 0.408. The molecular formula is C10H15NO2. The van der Waals surface area contributed by atoms with Crippen molar-refractivity contribution >= 4 is 5.91 Å². The van der Waals surface area contributed by atoms with Gasteiger partial charge in [-0.15, -0.1) is 0 Å². The first-order valence-electron chi connectivity index (χ1n) is 5.18. The molecule has 3 nitrogen and oxygen atoms in total. The molecule has 2 aliphatic heterocycles. The SMILES string of the molecule is C[C@H]1C[C@@H]1C(=O)N1CC2CC1CO2. The van der Waals surface area contributed by atoms with E-state index in [-0.39, 0.29) is 0 Å². The number of hydrogen-bond acceptors (Lipinski definition) is 2. The Bertz CT molecular complexity index is 253. The fourth-order valence-corrected chi connectivity index (χ4v) is 2.55. The molecule has 1 amide bonds. The number of morpholine rings is 1. The van der Waals surface area contributed by atoms with Gasteiger partial charge in [-0.1, -0.05) is 6.92 Å². The normalized spacial score (nSPS) is 47.0. The van der Waals surface area contributed by atoms with E-state index in [9.17, 15) is 4.79 Å². The molecule has 4 atom stereocenters. The molecule has 0 radical (unpaired) electrons. The number of rotatable bonds is 1. The zero-order valence-corrected chi connectivity index (χ0v) is 7.90. The van der Waals surface area contributed by atoms with Crippen molar-refractivity contribution in [2.75, 3.05) is 13.2 Å². The van der Waals surface area contributed by atoms with Gasteiger partial charge < -0.3 is 9.64 Å². The first-order chi connectivity index (χ1) is 6.25. The maximum absolute atomic E-state index is 11.9. The number of carbonyl (C=O) groups excluding carboxylic acids is 1. The predicted molar refractivity (Wildman–Crippen MR) is 47.1 cm³/mol. The van der Waals surface area contributed by atoms with Gasteiger partial charge >= 0.3 is 0 Å². The third-order valence-corrected chi connectivity index (χ3v) is 3.61. The molecule has 0 spiro atoms. The molecule has 72 valence electrons. The van der Waals surface area contributed by atoms with Gasteiger partial charge in [0, 0.05) is 12.5 Å². The van der Waals surface area contributed by atoms with E-state index < -0.39 is 0 Å². The third kappa shape index (κ3) is 1.10. The zero-order valence-electron chi connectivity index (χ0n) is 7.90. The molecule has 2 heterocycles. The highest BCUT2D eigenvalue weighted by Crippen LogP contribution is 2.41. The number of carbonyl (C=O) groups is 1. The quantitative estimate of drug-likeness (QED) is 0.594. The Hall–Kier alpha value is -0.570. The monoisotopic (exact) mass is 181 g/mol. The maximum atomic E-state index is 11.9. The molecule has 0 N–H and O–H groups in total. The van der Waals surface area contributed by atoms with E-state index in [2.05, 4.69) is 11.8 Å². The highest BCUT2D eigenvalue weighted by molar-refractivity contribution is 5.82. The smallest absolute Gasteiger partial charge is 0.226 e. The Balaban J connectivity index is 1.69. The minimum Gasteiger partial charge on any atom is -0.374 e. The van der Waals surface area contributed by atoms with Gasteiger partial charge in [0.2, 0.25) is 5.91 Å². The standard InChI is InChI=1S/C10H15NO2/c1-6-2-9(6)10(12)11-4-8-3-7(11)5-13-8/h6-9H,2-5H2,1H3/t6-,7?,8?,9-/m0/s1. The number of amides is 1. The van der Waals surface area contributed by atoms with E-state index in [0.29, 0.717) is 29.9 Å². The minimum absolute atomic E-state index is 0.347. The van der Waals surface area contributed by atoms with Crippen molar-refractivity contribution < 1.29 is 9.53 Å². The number of hydrogen-bond donors (Lipinski definition) is 0. The van der Waals surface area contributed by atoms with Crippen LogP contribution in [-0.2, 0) is 9.53 Å². The number of fused-ring (bicyclic) bond motifs is 2. The Labute approximate surface area is 78.0 Å². The van der Waals surface area contributed by atoms with Crippen LogP contribution in [0.5, 0.6) is 0 Å². The second-order valence-electron chi connectivity index (χ2n) is 4.65. The van der Waals surface area contributed by atoms with Crippen molar-refractivity contribution in [1.29, 1.82) is 0 Å². The van der Waals surface area contributed by atoms with Crippen molar-refractivity contribution in [3.8, 4) is 0 Å². The molecule has 3 aliphatic rings. The fraction of sp³-hybridized carbons (Fsp3) is 0.900. The lowest BCUT2D eigenvalue weighted by atomic mass is 10.2. The van der Waals surface area contributed by atoms with Gasteiger partial charge in [-0.25, -0.2) is 0 Å². The molecule has 2 unspecified atom stereocenters. The summed E-state index contributed by atoms with van der Waals surface area (Å²) in [5.74, 6) is 1.37. The lowest BCUT2D eigenvalue weighted by Gasteiger charge is -2.27.